The maximum atomic E-state index is 12.3. The van der Waals surface area contributed by atoms with Gasteiger partial charge in [-0.2, -0.15) is 0 Å². The molecule has 0 bridgehead atoms. The molecule has 19 heavy (non-hydrogen) atoms. The molecule has 1 heterocycles. The number of ether oxygens (including phenoxy) is 1. The molecule has 1 atom stereocenters. The highest BCUT2D eigenvalue weighted by Crippen LogP contribution is 2.30. The van der Waals surface area contributed by atoms with Gasteiger partial charge >= 0.3 is 5.97 Å². The molecule has 1 saturated heterocycles. The third-order valence-corrected chi connectivity index (χ3v) is 3.81. The summed E-state index contributed by atoms with van der Waals surface area (Å²) in [5.41, 5.74) is 0.851. The van der Waals surface area contributed by atoms with Crippen molar-refractivity contribution in [2.45, 2.75) is 32.2 Å². The number of benzene rings is 1. The van der Waals surface area contributed by atoms with Gasteiger partial charge in [0.2, 0.25) is 0 Å². The Labute approximate surface area is 119 Å². The first-order chi connectivity index (χ1) is 9.24. The van der Waals surface area contributed by atoms with E-state index in [1.54, 1.807) is 0 Å². The summed E-state index contributed by atoms with van der Waals surface area (Å²) >= 11 is 6.25. The molecule has 3 nitrogen and oxygen atoms in total. The average molecular weight is 282 g/mol. The van der Waals surface area contributed by atoms with Gasteiger partial charge in [-0.05, 0) is 44.5 Å². The van der Waals surface area contributed by atoms with Gasteiger partial charge in [-0.15, -0.1) is 0 Å². The van der Waals surface area contributed by atoms with Crippen LogP contribution in [0.15, 0.2) is 24.3 Å². The second-order valence-corrected chi connectivity index (χ2v) is 5.18. The Morgan fingerprint density at radius 2 is 2.00 bits per heavy atom. The fourth-order valence-electron chi connectivity index (χ4n) is 2.57. The molecule has 1 aromatic carbocycles. The number of likely N-dealkylation sites (tertiary alicyclic amines) is 1. The second-order valence-electron chi connectivity index (χ2n) is 4.77. The molecular weight excluding hydrogens is 262 g/mol. The van der Waals surface area contributed by atoms with E-state index in [1.807, 2.05) is 31.2 Å². The number of nitrogens with zero attached hydrogens (tertiary/aromatic N) is 1. The van der Waals surface area contributed by atoms with Crippen molar-refractivity contribution in [3.8, 4) is 0 Å². The van der Waals surface area contributed by atoms with Gasteiger partial charge in [0.1, 0.15) is 6.04 Å². The largest absolute Gasteiger partial charge is 0.465 e. The van der Waals surface area contributed by atoms with Crippen LogP contribution in [0.3, 0.4) is 0 Å². The molecule has 0 spiro atoms. The van der Waals surface area contributed by atoms with E-state index in [9.17, 15) is 4.79 Å². The third-order valence-electron chi connectivity index (χ3n) is 3.47. The Hall–Kier alpha value is -1.06. The van der Waals surface area contributed by atoms with Crippen LogP contribution in [-0.4, -0.2) is 30.6 Å². The lowest BCUT2D eigenvalue weighted by molar-refractivity contribution is -0.150. The van der Waals surface area contributed by atoms with E-state index in [-0.39, 0.29) is 12.0 Å². The van der Waals surface area contributed by atoms with Crippen LogP contribution < -0.4 is 0 Å². The van der Waals surface area contributed by atoms with Crippen LogP contribution in [0, 0.1) is 0 Å². The van der Waals surface area contributed by atoms with E-state index in [1.165, 1.54) is 6.42 Å². The molecule has 0 N–H and O–H groups in total. The number of rotatable bonds is 4. The van der Waals surface area contributed by atoms with E-state index in [4.69, 9.17) is 16.3 Å². The van der Waals surface area contributed by atoms with Crippen molar-refractivity contribution in [2.75, 3.05) is 19.7 Å². The molecule has 0 unspecified atom stereocenters. The zero-order valence-electron chi connectivity index (χ0n) is 11.3. The number of halogens is 1. The lowest BCUT2D eigenvalue weighted by atomic mass is 10.0. The molecule has 1 aliphatic rings. The number of carbonyl (C=O) groups is 1. The summed E-state index contributed by atoms with van der Waals surface area (Å²) in [6.07, 6.45) is 3.48. The lowest BCUT2D eigenvalue weighted by Crippen LogP contribution is -2.38. The number of piperidine rings is 1. The van der Waals surface area contributed by atoms with Gasteiger partial charge in [0, 0.05) is 5.02 Å². The molecule has 1 aromatic rings. The summed E-state index contributed by atoms with van der Waals surface area (Å²) < 4.78 is 5.23. The van der Waals surface area contributed by atoms with Gasteiger partial charge < -0.3 is 4.74 Å². The van der Waals surface area contributed by atoms with Crippen LogP contribution in [0.5, 0.6) is 0 Å². The molecule has 0 aromatic heterocycles. The van der Waals surface area contributed by atoms with Gasteiger partial charge in [-0.1, -0.05) is 36.2 Å². The molecule has 0 saturated carbocycles. The standard InChI is InChI=1S/C15H20ClNO2/c1-2-19-15(18)14(17-10-6-3-7-11-17)12-8-4-5-9-13(12)16/h4-5,8-9,14H,2-3,6-7,10-11H2,1H3/t14-/m1/s1. The van der Waals surface area contributed by atoms with Crippen molar-refractivity contribution in [3.63, 3.8) is 0 Å². The summed E-state index contributed by atoms with van der Waals surface area (Å²) in [6.45, 7) is 4.08. The lowest BCUT2D eigenvalue weighted by Gasteiger charge is -2.33. The fourth-order valence-corrected chi connectivity index (χ4v) is 2.81. The predicted octanol–water partition coefficient (Wildman–Crippen LogP) is 3.43. The van der Waals surface area contributed by atoms with Crippen LogP contribution in [0.1, 0.15) is 37.8 Å². The van der Waals surface area contributed by atoms with Crippen LogP contribution in [-0.2, 0) is 9.53 Å². The van der Waals surface area contributed by atoms with Crippen LogP contribution in [0.4, 0.5) is 0 Å². The fraction of sp³-hybridized carbons (Fsp3) is 0.533. The minimum atomic E-state index is -0.367. The summed E-state index contributed by atoms with van der Waals surface area (Å²) in [5.74, 6) is -0.197. The Kier molecular flexibility index (Phi) is 5.23. The number of hydrogen-bond acceptors (Lipinski definition) is 3. The van der Waals surface area contributed by atoms with Gasteiger partial charge in [0.25, 0.3) is 0 Å². The topological polar surface area (TPSA) is 29.5 Å². The first-order valence-electron chi connectivity index (χ1n) is 6.89. The number of carbonyl (C=O) groups excluding carboxylic acids is 1. The predicted molar refractivity (Wildman–Crippen MR) is 76.3 cm³/mol. The summed E-state index contributed by atoms with van der Waals surface area (Å²) in [7, 11) is 0. The van der Waals surface area contributed by atoms with Gasteiger partial charge in [-0.3, -0.25) is 4.90 Å². The van der Waals surface area contributed by atoms with Crippen LogP contribution in [0.2, 0.25) is 5.02 Å². The van der Waals surface area contributed by atoms with E-state index in [2.05, 4.69) is 4.90 Å². The van der Waals surface area contributed by atoms with Crippen LogP contribution in [0.25, 0.3) is 0 Å². The second kappa shape index (κ2) is 6.92. The third kappa shape index (κ3) is 3.48. The molecule has 0 radical (unpaired) electrons. The summed E-state index contributed by atoms with van der Waals surface area (Å²) in [5, 5.41) is 0.631. The Morgan fingerprint density at radius 3 is 2.63 bits per heavy atom. The number of hydrogen-bond donors (Lipinski definition) is 0. The summed E-state index contributed by atoms with van der Waals surface area (Å²) in [6, 6.07) is 7.17. The quantitative estimate of drug-likeness (QED) is 0.792. The highest BCUT2D eigenvalue weighted by molar-refractivity contribution is 6.31. The van der Waals surface area contributed by atoms with Gasteiger partial charge in [-0.25, -0.2) is 4.79 Å². The highest BCUT2D eigenvalue weighted by atomic mass is 35.5. The first-order valence-corrected chi connectivity index (χ1v) is 7.27. The molecule has 0 aliphatic carbocycles. The van der Waals surface area contributed by atoms with Crippen molar-refractivity contribution in [1.29, 1.82) is 0 Å². The van der Waals surface area contributed by atoms with Crippen molar-refractivity contribution < 1.29 is 9.53 Å². The Balaban J connectivity index is 2.28. The summed E-state index contributed by atoms with van der Waals surface area (Å²) in [4.78, 5) is 14.5. The van der Waals surface area contributed by atoms with E-state index < -0.39 is 0 Å². The normalized spacial score (nSPS) is 18.0. The van der Waals surface area contributed by atoms with E-state index >= 15 is 0 Å². The van der Waals surface area contributed by atoms with Crippen LogP contribution >= 0.6 is 11.6 Å². The van der Waals surface area contributed by atoms with Crippen molar-refractivity contribution in [1.82, 2.24) is 4.90 Å². The highest BCUT2D eigenvalue weighted by Gasteiger charge is 2.31. The SMILES string of the molecule is CCOC(=O)[C@@H](c1ccccc1Cl)N1CCCCC1. The smallest absolute Gasteiger partial charge is 0.328 e. The molecular formula is C15H20ClNO2. The molecule has 0 amide bonds. The molecule has 104 valence electrons. The molecule has 1 aliphatic heterocycles. The van der Waals surface area contributed by atoms with E-state index in [0.717, 1.165) is 31.5 Å². The molecule has 2 rings (SSSR count). The maximum absolute atomic E-state index is 12.3. The zero-order valence-corrected chi connectivity index (χ0v) is 12.0. The Morgan fingerprint density at radius 1 is 1.32 bits per heavy atom. The minimum Gasteiger partial charge on any atom is -0.465 e. The number of esters is 1. The average Bonchev–Trinajstić information content (AvgIpc) is 2.43. The monoisotopic (exact) mass is 281 g/mol. The first kappa shape index (κ1) is 14.4. The zero-order chi connectivity index (χ0) is 13.7. The van der Waals surface area contributed by atoms with Gasteiger partial charge in [0.05, 0.1) is 6.61 Å². The Bertz CT molecular complexity index is 430. The van der Waals surface area contributed by atoms with Crippen molar-refractivity contribution in [3.05, 3.63) is 34.9 Å². The van der Waals surface area contributed by atoms with Crippen molar-refractivity contribution in [2.24, 2.45) is 0 Å². The van der Waals surface area contributed by atoms with Crippen molar-refractivity contribution >= 4 is 17.6 Å². The van der Waals surface area contributed by atoms with E-state index in [0.29, 0.717) is 11.6 Å². The minimum absolute atomic E-state index is 0.197. The maximum Gasteiger partial charge on any atom is 0.328 e. The molecule has 1 fully saturated rings. The van der Waals surface area contributed by atoms with Gasteiger partial charge in [0.15, 0.2) is 0 Å². The molecule has 4 heteroatoms.